The zero-order valence-electron chi connectivity index (χ0n) is 20.4. The smallest absolute Gasteiger partial charge is 0.377 e. The van der Waals surface area contributed by atoms with E-state index in [1.54, 1.807) is 6.07 Å². The molecule has 0 atom stereocenters. The molecule has 13 heteroatoms. The molecule has 2 aliphatic heterocycles. The zero-order chi connectivity index (χ0) is 27.9. The van der Waals surface area contributed by atoms with Gasteiger partial charge in [0.05, 0.1) is 42.1 Å². The van der Waals surface area contributed by atoms with E-state index in [9.17, 15) is 31.9 Å². The highest BCUT2D eigenvalue weighted by Gasteiger charge is 2.60. The van der Waals surface area contributed by atoms with Crippen LogP contribution < -0.4 is 15.5 Å². The van der Waals surface area contributed by atoms with Gasteiger partial charge in [0.1, 0.15) is 17.9 Å². The molecule has 0 bridgehead atoms. The zero-order valence-corrected chi connectivity index (χ0v) is 20.4. The largest absolute Gasteiger partial charge is 0.416 e. The molecule has 39 heavy (non-hydrogen) atoms. The minimum Gasteiger partial charge on any atom is -0.377 e. The highest BCUT2D eigenvalue weighted by molar-refractivity contribution is 6.10. The Morgan fingerprint density at radius 3 is 2.31 bits per heavy atom. The van der Waals surface area contributed by atoms with E-state index in [1.807, 2.05) is 0 Å². The number of nitrogens with zero attached hydrogens (tertiary/aromatic N) is 3. The highest BCUT2D eigenvalue weighted by Crippen LogP contribution is 2.44. The van der Waals surface area contributed by atoms with Gasteiger partial charge in [-0.1, -0.05) is 12.1 Å². The number of urea groups is 1. The molecule has 1 aliphatic carbocycles. The maximum Gasteiger partial charge on any atom is 0.416 e. The summed E-state index contributed by atoms with van der Waals surface area (Å²) < 4.78 is 58.9. The Morgan fingerprint density at radius 1 is 1.08 bits per heavy atom. The second-order valence-electron chi connectivity index (χ2n) is 9.83. The standard InChI is InChI=1S/C26H23F4N5O4/c27-20-7-16(10-31)3-6-21(20)34-12-22(36)35(11-15-1-4-17(5-2-15)26(28,29)30)25(23(34)37)8-18(9-25)32-24(38)33-19-13-39-14-19/h1-7,18-19H,8-9,11-14H2,(H2,32,33,38)/t18-,25+. The number of piperazine rings is 1. The van der Waals surface area contributed by atoms with Gasteiger partial charge in [-0.15, -0.1) is 0 Å². The third-order valence-electron chi connectivity index (χ3n) is 7.22. The molecule has 2 saturated heterocycles. The number of ether oxygens (including phenoxy) is 1. The summed E-state index contributed by atoms with van der Waals surface area (Å²) in [7, 11) is 0. The van der Waals surface area contributed by atoms with Gasteiger partial charge in [-0.25, -0.2) is 9.18 Å². The molecule has 3 aliphatic rings. The van der Waals surface area contributed by atoms with Gasteiger partial charge in [-0.05, 0) is 35.9 Å². The van der Waals surface area contributed by atoms with E-state index in [0.717, 1.165) is 23.1 Å². The van der Waals surface area contributed by atoms with Gasteiger partial charge in [0, 0.05) is 25.4 Å². The van der Waals surface area contributed by atoms with Crippen LogP contribution in [0.15, 0.2) is 42.5 Å². The molecule has 1 spiro atoms. The minimum absolute atomic E-state index is 0.0290. The summed E-state index contributed by atoms with van der Waals surface area (Å²) in [5.41, 5.74) is -2.04. The summed E-state index contributed by atoms with van der Waals surface area (Å²) in [5.74, 6) is -1.96. The molecule has 9 nitrogen and oxygen atoms in total. The van der Waals surface area contributed by atoms with Gasteiger partial charge < -0.3 is 20.3 Å². The normalized spacial score (nSPS) is 23.2. The van der Waals surface area contributed by atoms with Crippen molar-refractivity contribution < 1.29 is 36.7 Å². The van der Waals surface area contributed by atoms with Gasteiger partial charge in [0.15, 0.2) is 0 Å². The maximum atomic E-state index is 14.8. The SMILES string of the molecule is N#Cc1ccc(N2CC(=O)N(Cc3ccc(C(F)(F)F)cc3)[C@]3(C[C@@H](NC(=O)NC4COC4)C3)C2=O)c(F)c1. The topological polar surface area (TPSA) is 115 Å². The number of alkyl halides is 3. The summed E-state index contributed by atoms with van der Waals surface area (Å²) in [6.45, 7) is 0.136. The molecule has 0 radical (unpaired) electrons. The molecule has 5 rings (SSSR count). The first-order valence-electron chi connectivity index (χ1n) is 12.1. The van der Waals surface area contributed by atoms with Gasteiger partial charge in [0.25, 0.3) is 5.91 Å². The number of hydrogen-bond donors (Lipinski definition) is 2. The summed E-state index contributed by atoms with van der Waals surface area (Å²) in [6.07, 6.45) is -4.47. The van der Waals surface area contributed by atoms with Crippen LogP contribution in [0.4, 0.5) is 28.0 Å². The van der Waals surface area contributed by atoms with Crippen LogP contribution in [0.25, 0.3) is 0 Å². The Balaban J connectivity index is 1.40. The van der Waals surface area contributed by atoms with Crippen molar-refractivity contribution in [2.75, 3.05) is 24.7 Å². The number of benzene rings is 2. The molecule has 3 fully saturated rings. The summed E-state index contributed by atoms with van der Waals surface area (Å²) >= 11 is 0. The molecule has 2 heterocycles. The Labute approximate surface area is 220 Å². The Morgan fingerprint density at radius 2 is 1.74 bits per heavy atom. The molecule has 4 amide bonds. The van der Waals surface area contributed by atoms with Crippen molar-refractivity contribution in [3.63, 3.8) is 0 Å². The van der Waals surface area contributed by atoms with Crippen molar-refractivity contribution in [2.45, 2.75) is 43.2 Å². The lowest BCUT2D eigenvalue weighted by atomic mass is 9.68. The van der Waals surface area contributed by atoms with Crippen molar-refractivity contribution in [3.05, 3.63) is 65.0 Å². The lowest BCUT2D eigenvalue weighted by molar-refractivity contribution is -0.159. The third-order valence-corrected chi connectivity index (χ3v) is 7.22. The van der Waals surface area contributed by atoms with E-state index in [2.05, 4.69) is 10.6 Å². The highest BCUT2D eigenvalue weighted by atomic mass is 19.4. The number of rotatable bonds is 5. The second kappa shape index (κ2) is 9.85. The average Bonchev–Trinajstić information content (AvgIpc) is 2.84. The molecular weight excluding hydrogens is 522 g/mol. The number of carbonyl (C=O) groups is 3. The van der Waals surface area contributed by atoms with Crippen LogP contribution in [0.3, 0.4) is 0 Å². The van der Waals surface area contributed by atoms with Crippen molar-refractivity contribution in [2.24, 2.45) is 0 Å². The number of hydrogen-bond acceptors (Lipinski definition) is 5. The summed E-state index contributed by atoms with van der Waals surface area (Å²) in [5, 5.41) is 14.5. The first-order valence-corrected chi connectivity index (χ1v) is 12.1. The minimum atomic E-state index is -4.53. The maximum absolute atomic E-state index is 14.8. The number of amides is 4. The molecule has 204 valence electrons. The third kappa shape index (κ3) is 4.99. The fourth-order valence-corrected chi connectivity index (χ4v) is 5.09. The van der Waals surface area contributed by atoms with Crippen molar-refractivity contribution >= 4 is 23.5 Å². The molecule has 0 aromatic heterocycles. The van der Waals surface area contributed by atoms with Crippen LogP contribution in [0.5, 0.6) is 0 Å². The number of nitriles is 1. The van der Waals surface area contributed by atoms with Crippen molar-refractivity contribution in [1.29, 1.82) is 5.26 Å². The van der Waals surface area contributed by atoms with Gasteiger partial charge >= 0.3 is 12.2 Å². The predicted molar refractivity (Wildman–Crippen MR) is 127 cm³/mol. The fourth-order valence-electron chi connectivity index (χ4n) is 5.09. The molecule has 2 N–H and O–H groups in total. The van der Waals surface area contributed by atoms with E-state index in [-0.39, 0.29) is 36.7 Å². The predicted octanol–water partition coefficient (Wildman–Crippen LogP) is 2.69. The number of anilines is 1. The van der Waals surface area contributed by atoms with Gasteiger partial charge in [-0.2, -0.15) is 18.4 Å². The van der Waals surface area contributed by atoms with E-state index in [1.165, 1.54) is 29.2 Å². The van der Waals surface area contributed by atoms with Crippen LogP contribution in [0.1, 0.15) is 29.5 Å². The summed E-state index contributed by atoms with van der Waals surface area (Å²) in [4.78, 5) is 41.9. The van der Waals surface area contributed by atoms with E-state index in [4.69, 9.17) is 10.00 Å². The average molecular weight is 545 g/mol. The molecule has 2 aromatic carbocycles. The van der Waals surface area contributed by atoms with Crippen molar-refractivity contribution in [1.82, 2.24) is 15.5 Å². The van der Waals surface area contributed by atoms with Crippen LogP contribution in [-0.4, -0.2) is 60.1 Å². The van der Waals surface area contributed by atoms with E-state index >= 15 is 0 Å². The molecule has 0 unspecified atom stereocenters. The lowest BCUT2D eigenvalue weighted by Crippen LogP contribution is -2.76. The van der Waals surface area contributed by atoms with Crippen LogP contribution in [-0.2, 0) is 27.0 Å². The Kier molecular flexibility index (Phi) is 6.67. The Hall–Kier alpha value is -4.18. The van der Waals surface area contributed by atoms with Gasteiger partial charge in [-0.3, -0.25) is 14.5 Å². The Bertz CT molecular complexity index is 1350. The number of halogens is 4. The van der Waals surface area contributed by atoms with Crippen LogP contribution in [0.2, 0.25) is 0 Å². The molecule has 2 aromatic rings. The molecule has 1 saturated carbocycles. The van der Waals surface area contributed by atoms with E-state index in [0.29, 0.717) is 18.8 Å². The lowest BCUT2D eigenvalue weighted by Gasteiger charge is -2.57. The number of carbonyl (C=O) groups excluding carboxylic acids is 3. The monoisotopic (exact) mass is 545 g/mol. The van der Waals surface area contributed by atoms with E-state index < -0.39 is 53.5 Å². The first-order chi connectivity index (χ1) is 18.5. The fraction of sp³-hybridized carbons (Fsp3) is 0.385. The number of nitrogens with one attached hydrogen (secondary N) is 2. The van der Waals surface area contributed by atoms with Gasteiger partial charge in [0.2, 0.25) is 5.91 Å². The summed E-state index contributed by atoms with van der Waals surface area (Å²) in [6, 6.07) is 8.57. The second-order valence-corrected chi connectivity index (χ2v) is 9.83. The quantitative estimate of drug-likeness (QED) is 0.561. The van der Waals surface area contributed by atoms with Crippen LogP contribution in [0, 0.1) is 17.1 Å². The molecular formula is C26H23F4N5O4. The first kappa shape index (κ1) is 26.4. The van der Waals surface area contributed by atoms with Crippen LogP contribution >= 0.6 is 0 Å². The van der Waals surface area contributed by atoms with Crippen molar-refractivity contribution in [3.8, 4) is 6.07 Å².